The van der Waals surface area contributed by atoms with Gasteiger partial charge in [0.15, 0.2) is 0 Å². The lowest BCUT2D eigenvalue weighted by molar-refractivity contribution is -0.0938. The normalized spacial score (nSPS) is 22.2. The van der Waals surface area contributed by atoms with E-state index in [-0.39, 0.29) is 19.0 Å². The highest BCUT2D eigenvalue weighted by Gasteiger charge is 2.49. The fourth-order valence-electron chi connectivity index (χ4n) is 1.55. The lowest BCUT2D eigenvalue weighted by Crippen LogP contribution is -2.68. The maximum absolute atomic E-state index is 11.8. The Morgan fingerprint density at radius 1 is 1.31 bits per heavy atom. The number of aliphatic hydroxyl groups is 1. The van der Waals surface area contributed by atoms with E-state index in [9.17, 15) is 13.5 Å². The van der Waals surface area contributed by atoms with Crippen LogP contribution in [0.15, 0.2) is 0 Å². The molecule has 0 spiro atoms. The molecule has 6 heteroatoms. The second-order valence-corrected chi connectivity index (χ2v) is 7.55. The molecular weight excluding hydrogens is 228 g/mol. The van der Waals surface area contributed by atoms with Gasteiger partial charge in [0.05, 0.1) is 5.60 Å². The smallest absolute Gasteiger partial charge is 0.280 e. The summed E-state index contributed by atoms with van der Waals surface area (Å²) < 4.78 is 27.5. The number of hydrogen-bond acceptors (Lipinski definition) is 3. The molecule has 0 aliphatic carbocycles. The second kappa shape index (κ2) is 3.94. The summed E-state index contributed by atoms with van der Waals surface area (Å²) in [7, 11) is -3.46. The largest absolute Gasteiger partial charge is 0.387 e. The highest BCUT2D eigenvalue weighted by Crippen LogP contribution is 2.30. The summed E-state index contributed by atoms with van der Waals surface area (Å²) in [6, 6.07) is 0. The van der Waals surface area contributed by atoms with Gasteiger partial charge in [-0.05, 0) is 26.7 Å². The van der Waals surface area contributed by atoms with E-state index in [1.54, 1.807) is 20.8 Å². The van der Waals surface area contributed by atoms with Gasteiger partial charge in [-0.25, -0.2) is 0 Å². The van der Waals surface area contributed by atoms with Gasteiger partial charge < -0.3 is 5.11 Å². The predicted octanol–water partition coefficient (Wildman–Crippen LogP) is 0.322. The van der Waals surface area contributed by atoms with Gasteiger partial charge in [-0.15, -0.1) is 0 Å². The van der Waals surface area contributed by atoms with Crippen molar-refractivity contribution in [3.8, 4) is 0 Å². The molecule has 16 heavy (non-hydrogen) atoms. The molecule has 0 unspecified atom stereocenters. The first-order valence-electron chi connectivity index (χ1n) is 5.48. The molecule has 0 amide bonds. The van der Waals surface area contributed by atoms with Crippen molar-refractivity contribution in [1.82, 2.24) is 9.03 Å². The van der Waals surface area contributed by atoms with Gasteiger partial charge in [-0.2, -0.15) is 17.4 Å². The minimum absolute atomic E-state index is 0.0635. The van der Waals surface area contributed by atoms with Gasteiger partial charge >= 0.3 is 0 Å². The molecule has 0 aromatic carbocycles. The van der Waals surface area contributed by atoms with Crippen LogP contribution in [-0.4, -0.2) is 42.1 Å². The molecule has 1 saturated heterocycles. The fourth-order valence-corrected chi connectivity index (χ4v) is 3.24. The molecule has 0 aromatic heterocycles. The van der Waals surface area contributed by atoms with Gasteiger partial charge in [0, 0.05) is 18.6 Å². The molecule has 5 nitrogen and oxygen atoms in total. The third-order valence-electron chi connectivity index (χ3n) is 2.75. The van der Waals surface area contributed by atoms with Crippen molar-refractivity contribution in [2.45, 2.75) is 45.8 Å². The zero-order valence-electron chi connectivity index (χ0n) is 10.6. The minimum Gasteiger partial charge on any atom is -0.387 e. The maximum atomic E-state index is 11.8. The Morgan fingerprint density at radius 2 is 1.75 bits per heavy atom. The highest BCUT2D eigenvalue weighted by molar-refractivity contribution is 7.87. The van der Waals surface area contributed by atoms with Crippen LogP contribution >= 0.6 is 0 Å². The molecule has 1 aliphatic rings. The van der Waals surface area contributed by atoms with Gasteiger partial charge in [0.25, 0.3) is 10.2 Å². The lowest BCUT2D eigenvalue weighted by atomic mass is 9.85. The molecular formula is C10H22N2O3S. The van der Waals surface area contributed by atoms with Crippen molar-refractivity contribution < 1.29 is 13.5 Å². The van der Waals surface area contributed by atoms with Crippen molar-refractivity contribution in [3.63, 3.8) is 0 Å². The maximum Gasteiger partial charge on any atom is 0.280 e. The van der Waals surface area contributed by atoms with Crippen LogP contribution in [0.1, 0.15) is 34.6 Å². The van der Waals surface area contributed by atoms with E-state index >= 15 is 0 Å². The first-order chi connectivity index (χ1) is 6.96. The molecule has 0 aromatic rings. The van der Waals surface area contributed by atoms with E-state index in [0.717, 1.165) is 0 Å². The number of nitrogens with one attached hydrogen (secondary N) is 1. The standard InChI is InChI=1S/C10H22N2O3S/c1-8(2)10(13)6-12(7-10)16(14,15)11-9(3,4)5/h8,11,13H,6-7H2,1-5H3. The first kappa shape index (κ1) is 13.9. The molecule has 0 bridgehead atoms. The van der Waals surface area contributed by atoms with E-state index in [0.29, 0.717) is 0 Å². The zero-order chi connectivity index (χ0) is 12.8. The van der Waals surface area contributed by atoms with Gasteiger partial charge in [0.1, 0.15) is 0 Å². The topological polar surface area (TPSA) is 69.6 Å². The Kier molecular flexibility index (Phi) is 3.42. The van der Waals surface area contributed by atoms with E-state index in [1.807, 2.05) is 13.8 Å². The molecule has 1 aliphatic heterocycles. The molecule has 96 valence electrons. The Morgan fingerprint density at radius 3 is 2.06 bits per heavy atom. The van der Waals surface area contributed by atoms with E-state index in [1.165, 1.54) is 4.31 Å². The lowest BCUT2D eigenvalue weighted by Gasteiger charge is -2.48. The van der Waals surface area contributed by atoms with Crippen molar-refractivity contribution in [2.24, 2.45) is 5.92 Å². The summed E-state index contributed by atoms with van der Waals surface area (Å²) >= 11 is 0. The number of rotatable bonds is 3. The minimum atomic E-state index is -3.46. The summed E-state index contributed by atoms with van der Waals surface area (Å²) in [4.78, 5) is 0. The number of nitrogens with zero attached hydrogens (tertiary/aromatic N) is 1. The van der Waals surface area contributed by atoms with Gasteiger partial charge in [0.2, 0.25) is 0 Å². The molecule has 1 heterocycles. The third kappa shape index (κ3) is 2.94. The molecule has 1 rings (SSSR count). The zero-order valence-corrected chi connectivity index (χ0v) is 11.4. The second-order valence-electron chi connectivity index (χ2n) is 5.88. The Hall–Kier alpha value is -0.170. The van der Waals surface area contributed by atoms with Crippen LogP contribution in [0.5, 0.6) is 0 Å². The van der Waals surface area contributed by atoms with Crippen LogP contribution in [0.25, 0.3) is 0 Å². The van der Waals surface area contributed by atoms with Crippen LogP contribution in [0.3, 0.4) is 0 Å². The average molecular weight is 250 g/mol. The molecule has 1 fully saturated rings. The van der Waals surface area contributed by atoms with Gasteiger partial charge in [-0.1, -0.05) is 13.8 Å². The summed E-state index contributed by atoms with van der Waals surface area (Å²) in [5.74, 6) is 0.0635. The van der Waals surface area contributed by atoms with E-state index in [2.05, 4.69) is 4.72 Å². The quantitative estimate of drug-likeness (QED) is 0.758. The van der Waals surface area contributed by atoms with Crippen molar-refractivity contribution in [2.75, 3.05) is 13.1 Å². The third-order valence-corrected chi connectivity index (χ3v) is 4.56. The predicted molar refractivity (Wildman–Crippen MR) is 63.2 cm³/mol. The molecule has 0 atom stereocenters. The van der Waals surface area contributed by atoms with Crippen LogP contribution in [-0.2, 0) is 10.2 Å². The SMILES string of the molecule is CC(C)C1(O)CN(S(=O)(=O)NC(C)(C)C)C1. The Balaban J connectivity index is 2.64. The van der Waals surface area contributed by atoms with Crippen LogP contribution in [0, 0.1) is 5.92 Å². The van der Waals surface area contributed by atoms with E-state index in [4.69, 9.17) is 0 Å². The van der Waals surface area contributed by atoms with Crippen LogP contribution < -0.4 is 4.72 Å². The monoisotopic (exact) mass is 250 g/mol. The highest BCUT2D eigenvalue weighted by atomic mass is 32.2. The van der Waals surface area contributed by atoms with Crippen molar-refractivity contribution in [3.05, 3.63) is 0 Å². The number of β-amino-alcohol motifs (C(OH)–C–C–N with tert-alkyl or cyclic N) is 1. The summed E-state index contributed by atoms with van der Waals surface area (Å²) in [6.45, 7) is 9.51. The van der Waals surface area contributed by atoms with Crippen molar-refractivity contribution >= 4 is 10.2 Å². The molecule has 0 radical (unpaired) electrons. The van der Waals surface area contributed by atoms with E-state index < -0.39 is 21.3 Å². The van der Waals surface area contributed by atoms with Gasteiger partial charge in [-0.3, -0.25) is 0 Å². The van der Waals surface area contributed by atoms with Crippen molar-refractivity contribution in [1.29, 1.82) is 0 Å². The fraction of sp³-hybridized carbons (Fsp3) is 1.00. The van der Waals surface area contributed by atoms with Crippen LogP contribution in [0.2, 0.25) is 0 Å². The first-order valence-corrected chi connectivity index (χ1v) is 6.92. The van der Waals surface area contributed by atoms with Crippen LogP contribution in [0.4, 0.5) is 0 Å². The Bertz CT molecular complexity index is 351. The summed E-state index contributed by atoms with van der Waals surface area (Å²) in [6.07, 6.45) is 0. The molecule has 0 saturated carbocycles. The number of hydrogen-bond donors (Lipinski definition) is 2. The Labute approximate surface area is 98.0 Å². The average Bonchev–Trinajstić information content (AvgIpc) is 1.92. The summed E-state index contributed by atoms with van der Waals surface area (Å²) in [5, 5.41) is 9.99. The summed E-state index contributed by atoms with van der Waals surface area (Å²) in [5.41, 5.74) is -1.36. The molecule has 2 N–H and O–H groups in total.